The van der Waals surface area contributed by atoms with Gasteiger partial charge in [-0.25, -0.2) is 12.8 Å². The summed E-state index contributed by atoms with van der Waals surface area (Å²) in [6, 6.07) is 13.0. The van der Waals surface area contributed by atoms with Crippen molar-refractivity contribution in [2.24, 2.45) is 0 Å². The predicted molar refractivity (Wildman–Crippen MR) is 97.9 cm³/mol. The van der Waals surface area contributed by atoms with E-state index >= 15 is 0 Å². The molecule has 5 nitrogen and oxygen atoms in total. The molecule has 0 saturated carbocycles. The normalized spacial score (nSPS) is 11.4. The van der Waals surface area contributed by atoms with Gasteiger partial charge in [-0.2, -0.15) is 0 Å². The highest BCUT2D eigenvalue weighted by atomic mass is 32.2. The third-order valence-electron chi connectivity index (χ3n) is 3.48. The van der Waals surface area contributed by atoms with Crippen LogP contribution in [0.15, 0.2) is 48.5 Å². The Balaban J connectivity index is 1.77. The molecule has 0 fully saturated rings. The van der Waals surface area contributed by atoms with Crippen molar-refractivity contribution in [2.45, 2.75) is 6.54 Å². The fourth-order valence-electron chi connectivity index (χ4n) is 2.37. The number of nitrogens with one attached hydrogen (secondary N) is 2. The molecule has 25 heavy (non-hydrogen) atoms. The van der Waals surface area contributed by atoms with Crippen LogP contribution in [-0.2, 0) is 16.6 Å². The third-order valence-corrected chi connectivity index (χ3v) is 5.17. The van der Waals surface area contributed by atoms with Gasteiger partial charge in [0.05, 0.1) is 16.8 Å². The van der Waals surface area contributed by atoms with Crippen molar-refractivity contribution in [3.63, 3.8) is 0 Å². The number of anilines is 1. The second kappa shape index (κ2) is 6.81. The van der Waals surface area contributed by atoms with Gasteiger partial charge in [0.15, 0.2) is 0 Å². The Bertz CT molecular complexity index is 1040. The Labute approximate surface area is 148 Å². The maximum absolute atomic E-state index is 13.7. The van der Waals surface area contributed by atoms with Gasteiger partial charge in [0.25, 0.3) is 5.91 Å². The van der Waals surface area contributed by atoms with Crippen molar-refractivity contribution >= 4 is 43.0 Å². The Morgan fingerprint density at radius 1 is 1.16 bits per heavy atom. The molecule has 0 bridgehead atoms. The summed E-state index contributed by atoms with van der Waals surface area (Å²) in [5, 5.41) is 3.15. The summed E-state index contributed by atoms with van der Waals surface area (Å²) in [6.45, 7) is 0.147. The lowest BCUT2D eigenvalue weighted by atomic mass is 10.2. The molecule has 1 amide bonds. The molecule has 0 atom stereocenters. The minimum Gasteiger partial charge on any atom is -0.347 e. The highest BCUT2D eigenvalue weighted by Gasteiger charge is 2.13. The maximum atomic E-state index is 13.7. The standard InChI is InChI=1S/C17H15FN2O3S2/c1-25(22,23)20-14-7-3-2-5-11(14)10-19-17(21)16-9-12-13(18)6-4-8-15(12)24-16/h2-9,20H,10H2,1H3,(H,19,21). The van der Waals surface area contributed by atoms with Crippen LogP contribution in [0.4, 0.5) is 10.1 Å². The van der Waals surface area contributed by atoms with Crippen LogP contribution < -0.4 is 10.0 Å². The van der Waals surface area contributed by atoms with Gasteiger partial charge in [0.1, 0.15) is 5.82 Å². The summed E-state index contributed by atoms with van der Waals surface area (Å²) in [5.74, 6) is -0.703. The van der Waals surface area contributed by atoms with Gasteiger partial charge in [-0.3, -0.25) is 9.52 Å². The zero-order valence-electron chi connectivity index (χ0n) is 13.2. The first kappa shape index (κ1) is 17.4. The van der Waals surface area contributed by atoms with Crippen LogP contribution in [0, 0.1) is 5.82 Å². The molecule has 3 rings (SSSR count). The van der Waals surface area contributed by atoms with E-state index in [4.69, 9.17) is 0 Å². The largest absolute Gasteiger partial charge is 0.347 e. The van der Waals surface area contributed by atoms with Crippen LogP contribution in [0.3, 0.4) is 0 Å². The van der Waals surface area contributed by atoms with Gasteiger partial charge in [0.2, 0.25) is 10.0 Å². The lowest BCUT2D eigenvalue weighted by Gasteiger charge is -2.11. The number of hydrogen-bond donors (Lipinski definition) is 2. The van der Waals surface area contributed by atoms with E-state index in [1.807, 2.05) is 0 Å². The molecular weight excluding hydrogens is 363 g/mol. The van der Waals surface area contributed by atoms with Crippen molar-refractivity contribution < 1.29 is 17.6 Å². The summed E-state index contributed by atoms with van der Waals surface area (Å²) in [6.07, 6.45) is 1.06. The van der Waals surface area contributed by atoms with Crippen LogP contribution in [0.5, 0.6) is 0 Å². The Morgan fingerprint density at radius 2 is 1.92 bits per heavy atom. The second-order valence-corrected chi connectivity index (χ2v) is 8.31. The first-order valence-corrected chi connectivity index (χ1v) is 10.1. The molecule has 3 aromatic rings. The van der Waals surface area contributed by atoms with Crippen LogP contribution in [0.2, 0.25) is 0 Å². The molecular formula is C17H15FN2O3S2. The Hall–Kier alpha value is -2.45. The molecule has 0 aliphatic heterocycles. The number of carbonyl (C=O) groups excluding carboxylic acids is 1. The van der Waals surface area contributed by atoms with Gasteiger partial charge in [-0.15, -0.1) is 11.3 Å². The highest BCUT2D eigenvalue weighted by Crippen LogP contribution is 2.27. The van der Waals surface area contributed by atoms with E-state index in [1.165, 1.54) is 23.5 Å². The smallest absolute Gasteiger partial charge is 0.261 e. The SMILES string of the molecule is CS(=O)(=O)Nc1ccccc1CNC(=O)c1cc2c(F)cccc2s1. The number of sulfonamides is 1. The van der Waals surface area contributed by atoms with E-state index in [-0.39, 0.29) is 18.3 Å². The topological polar surface area (TPSA) is 75.3 Å². The quantitative estimate of drug-likeness (QED) is 0.715. The fraction of sp³-hybridized carbons (Fsp3) is 0.118. The Kier molecular flexibility index (Phi) is 4.73. The number of amides is 1. The van der Waals surface area contributed by atoms with E-state index in [2.05, 4.69) is 10.0 Å². The number of rotatable bonds is 5. The van der Waals surface area contributed by atoms with E-state index in [0.717, 1.165) is 6.26 Å². The van der Waals surface area contributed by atoms with Crippen LogP contribution in [0.1, 0.15) is 15.2 Å². The van der Waals surface area contributed by atoms with Crippen molar-refractivity contribution in [3.05, 3.63) is 64.8 Å². The number of carbonyl (C=O) groups is 1. The van der Waals surface area contributed by atoms with E-state index in [9.17, 15) is 17.6 Å². The monoisotopic (exact) mass is 378 g/mol. The zero-order valence-corrected chi connectivity index (χ0v) is 14.9. The highest BCUT2D eigenvalue weighted by molar-refractivity contribution is 7.92. The van der Waals surface area contributed by atoms with Gasteiger partial charge in [0, 0.05) is 16.6 Å². The average Bonchev–Trinajstić information content (AvgIpc) is 2.98. The number of hydrogen-bond acceptors (Lipinski definition) is 4. The van der Waals surface area contributed by atoms with Crippen LogP contribution in [-0.4, -0.2) is 20.6 Å². The number of para-hydroxylation sites is 1. The van der Waals surface area contributed by atoms with Gasteiger partial charge >= 0.3 is 0 Å². The minimum atomic E-state index is -3.41. The van der Waals surface area contributed by atoms with E-state index in [0.29, 0.717) is 26.2 Å². The minimum absolute atomic E-state index is 0.147. The molecule has 2 N–H and O–H groups in total. The molecule has 2 aromatic carbocycles. The molecule has 0 unspecified atom stereocenters. The van der Waals surface area contributed by atoms with Gasteiger partial charge < -0.3 is 5.32 Å². The van der Waals surface area contributed by atoms with Crippen LogP contribution in [0.25, 0.3) is 10.1 Å². The van der Waals surface area contributed by atoms with Crippen molar-refractivity contribution in [3.8, 4) is 0 Å². The summed E-state index contributed by atoms with van der Waals surface area (Å²) >= 11 is 1.21. The maximum Gasteiger partial charge on any atom is 0.261 e. The summed E-state index contributed by atoms with van der Waals surface area (Å²) in [4.78, 5) is 12.7. The Morgan fingerprint density at radius 3 is 2.64 bits per heavy atom. The molecule has 0 saturated heterocycles. The third kappa shape index (κ3) is 4.15. The molecule has 0 spiro atoms. The molecule has 130 valence electrons. The summed E-state index contributed by atoms with van der Waals surface area (Å²) in [7, 11) is -3.41. The molecule has 0 aliphatic carbocycles. The number of halogens is 1. The molecule has 0 radical (unpaired) electrons. The molecule has 0 aliphatic rings. The lowest BCUT2D eigenvalue weighted by Crippen LogP contribution is -2.23. The lowest BCUT2D eigenvalue weighted by molar-refractivity contribution is 0.0955. The van der Waals surface area contributed by atoms with Crippen LogP contribution >= 0.6 is 11.3 Å². The van der Waals surface area contributed by atoms with Crippen molar-refractivity contribution in [1.82, 2.24) is 5.32 Å². The van der Waals surface area contributed by atoms with Crippen molar-refractivity contribution in [1.29, 1.82) is 0 Å². The number of benzene rings is 2. The molecule has 1 heterocycles. The first-order valence-electron chi connectivity index (χ1n) is 7.35. The average molecular weight is 378 g/mol. The van der Waals surface area contributed by atoms with E-state index in [1.54, 1.807) is 36.4 Å². The molecule has 1 aromatic heterocycles. The second-order valence-electron chi connectivity index (χ2n) is 5.48. The number of thiophene rings is 1. The predicted octanol–water partition coefficient (Wildman–Crippen LogP) is 3.34. The zero-order chi connectivity index (χ0) is 18.0. The summed E-state index contributed by atoms with van der Waals surface area (Å²) in [5.41, 5.74) is 1.04. The molecule has 8 heteroatoms. The number of fused-ring (bicyclic) bond motifs is 1. The van der Waals surface area contributed by atoms with Gasteiger partial charge in [-0.05, 0) is 29.8 Å². The van der Waals surface area contributed by atoms with E-state index < -0.39 is 10.0 Å². The first-order chi connectivity index (χ1) is 11.8. The van der Waals surface area contributed by atoms with Crippen molar-refractivity contribution in [2.75, 3.05) is 11.0 Å². The summed E-state index contributed by atoms with van der Waals surface area (Å²) < 4.78 is 39.7. The fourth-order valence-corrected chi connectivity index (χ4v) is 3.96. The van der Waals surface area contributed by atoms with Gasteiger partial charge in [-0.1, -0.05) is 24.3 Å².